The summed E-state index contributed by atoms with van der Waals surface area (Å²) in [6, 6.07) is 19.2. The highest BCUT2D eigenvalue weighted by atomic mass is 79.9. The standard InChI is InChI=1S/C23H14BrClN4O3/c24-19-10-17(25)9-16(21(19)32-13-15-6-2-1-5-14(15)11-26)12-27-29-22(30)18-7-3-4-8-20(18)28-23(29)31/h1-10,12H,13H2,(H,28,31). The number of H-pyrrole nitrogens is 1. The minimum Gasteiger partial charge on any atom is -0.487 e. The van der Waals surface area contributed by atoms with Gasteiger partial charge in [0.05, 0.1) is 33.2 Å². The highest BCUT2D eigenvalue weighted by Gasteiger charge is 2.12. The van der Waals surface area contributed by atoms with Gasteiger partial charge in [0, 0.05) is 16.1 Å². The predicted octanol–water partition coefficient (Wildman–Crippen LogP) is 4.44. The van der Waals surface area contributed by atoms with E-state index in [1.165, 1.54) is 6.21 Å². The highest BCUT2D eigenvalue weighted by molar-refractivity contribution is 9.10. The minimum absolute atomic E-state index is 0.126. The van der Waals surface area contributed by atoms with E-state index in [0.717, 1.165) is 4.68 Å². The summed E-state index contributed by atoms with van der Waals surface area (Å²) < 4.78 is 7.25. The first-order valence-electron chi connectivity index (χ1n) is 9.36. The maximum absolute atomic E-state index is 12.7. The van der Waals surface area contributed by atoms with E-state index in [4.69, 9.17) is 16.3 Å². The SMILES string of the molecule is N#Cc1ccccc1COc1c(Br)cc(Cl)cc1C=Nn1c(=O)[nH]c2ccccc2c1=O. The third-order valence-corrected chi connectivity index (χ3v) is 5.45. The van der Waals surface area contributed by atoms with Crippen LogP contribution in [0.1, 0.15) is 16.7 Å². The fourth-order valence-electron chi connectivity index (χ4n) is 3.11. The van der Waals surface area contributed by atoms with E-state index >= 15 is 0 Å². The predicted molar refractivity (Wildman–Crippen MR) is 126 cm³/mol. The van der Waals surface area contributed by atoms with Crippen LogP contribution in [0, 0.1) is 11.3 Å². The zero-order valence-electron chi connectivity index (χ0n) is 16.4. The van der Waals surface area contributed by atoms with Crippen LogP contribution in [-0.2, 0) is 6.61 Å². The second kappa shape index (κ2) is 9.22. The van der Waals surface area contributed by atoms with Gasteiger partial charge in [0.25, 0.3) is 5.56 Å². The number of para-hydroxylation sites is 1. The smallest absolute Gasteiger partial charge is 0.349 e. The second-order valence-corrected chi connectivity index (χ2v) is 7.99. The summed E-state index contributed by atoms with van der Waals surface area (Å²) >= 11 is 9.60. The molecule has 0 saturated carbocycles. The summed E-state index contributed by atoms with van der Waals surface area (Å²) in [6.45, 7) is 0.126. The summed E-state index contributed by atoms with van der Waals surface area (Å²) in [5.41, 5.74) is 0.866. The molecule has 0 bridgehead atoms. The Morgan fingerprint density at radius 2 is 1.91 bits per heavy atom. The molecule has 0 unspecified atom stereocenters. The van der Waals surface area contributed by atoms with Gasteiger partial charge in [-0.3, -0.25) is 4.79 Å². The largest absolute Gasteiger partial charge is 0.487 e. The Morgan fingerprint density at radius 1 is 1.16 bits per heavy atom. The van der Waals surface area contributed by atoms with Crippen LogP contribution >= 0.6 is 27.5 Å². The lowest BCUT2D eigenvalue weighted by Gasteiger charge is -2.12. The Kier molecular flexibility index (Phi) is 6.21. The van der Waals surface area contributed by atoms with Crippen LogP contribution in [0.2, 0.25) is 5.02 Å². The molecule has 0 aliphatic carbocycles. The van der Waals surface area contributed by atoms with E-state index in [-0.39, 0.29) is 6.61 Å². The van der Waals surface area contributed by atoms with Crippen molar-refractivity contribution in [2.45, 2.75) is 6.61 Å². The number of nitrogens with zero attached hydrogens (tertiary/aromatic N) is 3. The van der Waals surface area contributed by atoms with Gasteiger partial charge in [-0.2, -0.15) is 10.4 Å². The van der Waals surface area contributed by atoms with Crippen molar-refractivity contribution in [1.82, 2.24) is 9.66 Å². The van der Waals surface area contributed by atoms with Crippen LogP contribution in [0.15, 0.2) is 79.8 Å². The Balaban J connectivity index is 1.73. The van der Waals surface area contributed by atoms with E-state index in [1.807, 2.05) is 6.07 Å². The number of nitrogens with one attached hydrogen (secondary N) is 1. The lowest BCUT2D eigenvalue weighted by Crippen LogP contribution is -2.32. The van der Waals surface area contributed by atoms with Gasteiger partial charge >= 0.3 is 5.69 Å². The quantitative estimate of drug-likeness (QED) is 0.402. The second-order valence-electron chi connectivity index (χ2n) is 6.70. The number of aromatic nitrogens is 2. The van der Waals surface area contributed by atoms with Gasteiger partial charge in [-0.25, -0.2) is 4.79 Å². The number of hydrogen-bond acceptors (Lipinski definition) is 5. The van der Waals surface area contributed by atoms with Crippen molar-refractivity contribution in [3.8, 4) is 11.8 Å². The van der Waals surface area contributed by atoms with Crippen LogP contribution in [0.3, 0.4) is 0 Å². The zero-order valence-corrected chi connectivity index (χ0v) is 18.7. The first kappa shape index (κ1) is 21.6. The lowest BCUT2D eigenvalue weighted by molar-refractivity contribution is 0.303. The Bertz CT molecular complexity index is 1520. The number of ether oxygens (including phenoxy) is 1. The highest BCUT2D eigenvalue weighted by Crippen LogP contribution is 2.32. The van der Waals surface area contributed by atoms with Crippen LogP contribution in [0.25, 0.3) is 10.9 Å². The summed E-state index contributed by atoms with van der Waals surface area (Å²) in [4.78, 5) is 27.7. The average molecular weight is 510 g/mol. The molecule has 1 heterocycles. The number of rotatable bonds is 5. The Morgan fingerprint density at radius 3 is 2.72 bits per heavy atom. The van der Waals surface area contributed by atoms with Gasteiger partial charge in [-0.15, -0.1) is 4.68 Å². The topological polar surface area (TPSA) is 100 Å². The van der Waals surface area contributed by atoms with Crippen molar-refractivity contribution >= 4 is 44.6 Å². The molecule has 4 aromatic rings. The van der Waals surface area contributed by atoms with Crippen molar-refractivity contribution in [2.75, 3.05) is 0 Å². The average Bonchev–Trinajstić information content (AvgIpc) is 2.78. The third kappa shape index (κ3) is 4.35. The van der Waals surface area contributed by atoms with Gasteiger partial charge in [0.1, 0.15) is 12.4 Å². The molecular weight excluding hydrogens is 496 g/mol. The molecule has 0 aliphatic rings. The molecule has 0 atom stereocenters. The fourth-order valence-corrected chi connectivity index (χ4v) is 4.06. The molecule has 0 radical (unpaired) electrons. The Hall–Kier alpha value is -3.67. The molecule has 32 heavy (non-hydrogen) atoms. The summed E-state index contributed by atoms with van der Waals surface area (Å²) in [6.07, 6.45) is 1.33. The molecule has 1 aromatic heterocycles. The fraction of sp³-hybridized carbons (Fsp3) is 0.0435. The van der Waals surface area contributed by atoms with Crippen LogP contribution in [0.4, 0.5) is 0 Å². The first-order chi connectivity index (χ1) is 15.5. The van der Waals surface area contributed by atoms with Crippen molar-refractivity contribution < 1.29 is 4.74 Å². The molecule has 7 nitrogen and oxygen atoms in total. The normalized spacial score (nSPS) is 11.0. The van der Waals surface area contributed by atoms with Crippen molar-refractivity contribution in [3.63, 3.8) is 0 Å². The third-order valence-electron chi connectivity index (χ3n) is 4.64. The van der Waals surface area contributed by atoms with Crippen LogP contribution in [0.5, 0.6) is 5.75 Å². The van der Waals surface area contributed by atoms with Crippen molar-refractivity contribution in [2.24, 2.45) is 5.10 Å². The van der Waals surface area contributed by atoms with Gasteiger partial charge in [-0.05, 0) is 46.3 Å². The summed E-state index contributed by atoms with van der Waals surface area (Å²) in [5, 5.41) is 14.1. The molecule has 0 spiro atoms. The molecule has 9 heteroatoms. The van der Waals surface area contributed by atoms with E-state index in [1.54, 1.807) is 54.6 Å². The number of aromatic amines is 1. The zero-order chi connectivity index (χ0) is 22.7. The number of halogens is 2. The molecule has 0 amide bonds. The summed E-state index contributed by atoms with van der Waals surface area (Å²) in [5.74, 6) is 0.399. The minimum atomic E-state index is -0.670. The first-order valence-corrected chi connectivity index (χ1v) is 10.5. The van der Waals surface area contributed by atoms with E-state index in [9.17, 15) is 14.9 Å². The van der Waals surface area contributed by atoms with Crippen molar-refractivity contribution in [1.29, 1.82) is 5.26 Å². The summed E-state index contributed by atoms with van der Waals surface area (Å²) in [7, 11) is 0. The molecule has 158 valence electrons. The van der Waals surface area contributed by atoms with Crippen molar-refractivity contribution in [3.05, 3.63) is 108 Å². The van der Waals surface area contributed by atoms with Gasteiger partial charge in [-0.1, -0.05) is 41.9 Å². The van der Waals surface area contributed by atoms with E-state index < -0.39 is 11.2 Å². The van der Waals surface area contributed by atoms with Gasteiger partial charge in [0.15, 0.2) is 0 Å². The molecule has 0 saturated heterocycles. The van der Waals surface area contributed by atoms with Crippen LogP contribution < -0.4 is 16.0 Å². The monoisotopic (exact) mass is 508 g/mol. The van der Waals surface area contributed by atoms with Gasteiger partial charge < -0.3 is 9.72 Å². The maximum atomic E-state index is 12.7. The van der Waals surface area contributed by atoms with E-state index in [2.05, 4.69) is 32.1 Å². The number of benzene rings is 3. The maximum Gasteiger partial charge on any atom is 0.349 e. The molecule has 0 aliphatic heterocycles. The van der Waals surface area contributed by atoms with Crippen LogP contribution in [-0.4, -0.2) is 15.9 Å². The van der Waals surface area contributed by atoms with Gasteiger partial charge in [0.2, 0.25) is 0 Å². The molecule has 4 rings (SSSR count). The molecule has 0 fully saturated rings. The number of nitriles is 1. The Labute approximate surface area is 195 Å². The molecule has 1 N–H and O–H groups in total. The number of hydrogen-bond donors (Lipinski definition) is 1. The molecule has 3 aromatic carbocycles. The number of fused-ring (bicyclic) bond motifs is 1. The molecular formula is C23H14BrClN4O3. The lowest BCUT2D eigenvalue weighted by atomic mass is 10.1. The van der Waals surface area contributed by atoms with E-state index in [0.29, 0.717) is 42.8 Å².